The van der Waals surface area contributed by atoms with Crippen LogP contribution in [0.2, 0.25) is 0 Å². The molecule has 0 spiro atoms. The molecule has 0 amide bonds. The number of furan rings is 1. The Kier molecular flexibility index (Phi) is 6.94. The van der Waals surface area contributed by atoms with Crippen LogP contribution in [0.15, 0.2) is 132 Å². The van der Waals surface area contributed by atoms with Crippen LogP contribution >= 0.6 is 0 Å². The summed E-state index contributed by atoms with van der Waals surface area (Å²) in [4.78, 5) is 0. The minimum absolute atomic E-state index is 0.0309. The number of nitrogens with zero attached hydrogens (tertiary/aromatic N) is 1. The van der Waals surface area contributed by atoms with Gasteiger partial charge in [-0.05, 0) is 97.7 Å². The Hall–Kier alpha value is -6.00. The summed E-state index contributed by atoms with van der Waals surface area (Å²) in [6.07, 6.45) is 0. The summed E-state index contributed by atoms with van der Waals surface area (Å²) >= 11 is 0. The highest BCUT2D eigenvalue weighted by atomic mass is 16.3. The van der Waals surface area contributed by atoms with Crippen molar-refractivity contribution in [1.29, 1.82) is 0 Å². The van der Waals surface area contributed by atoms with E-state index >= 15 is 0 Å². The molecule has 1 N–H and O–H groups in total. The van der Waals surface area contributed by atoms with Crippen molar-refractivity contribution in [2.24, 2.45) is 0 Å². The Morgan fingerprint density at radius 3 is 2.09 bits per heavy atom. The lowest BCUT2D eigenvalue weighted by Gasteiger charge is -2.27. The molecule has 3 nitrogen and oxygen atoms in total. The van der Waals surface area contributed by atoms with E-state index < -0.39 is 0 Å². The first kappa shape index (κ1) is 34.3. The first-order valence-electron chi connectivity index (χ1n) is 20.5. The highest BCUT2D eigenvalue weighted by molar-refractivity contribution is 6.73. The third-order valence-corrected chi connectivity index (χ3v) is 13.1. The highest BCUT2D eigenvalue weighted by Gasteiger charge is 2.37. The summed E-state index contributed by atoms with van der Waals surface area (Å²) in [5.41, 5.74) is 21.1. The standard InChI is InChI=1S/C53H47BN2O/c1-51(2,3)30-17-20-32(21-18-30)55-44-28-42-37(33-13-9-11-15-41(33)53(42,7)8)26-38(44)35-22-23-36-39-27-40-34-14-10-12-16-47(34)57-48(40)29-46(39)56-45-24-19-31(52(4,5)6)25-43(45)54-49(35)50(36)56/h9-29,54-55H,1-8H3. The van der Waals surface area contributed by atoms with E-state index in [9.17, 15) is 0 Å². The van der Waals surface area contributed by atoms with Crippen molar-refractivity contribution in [3.05, 3.63) is 150 Å². The second-order valence-electron chi connectivity index (χ2n) is 19.1. The summed E-state index contributed by atoms with van der Waals surface area (Å²) in [7, 11) is 0.847. The van der Waals surface area contributed by atoms with Gasteiger partial charge in [0.05, 0.1) is 5.52 Å². The molecule has 0 unspecified atom stereocenters. The Morgan fingerprint density at radius 1 is 0.561 bits per heavy atom. The summed E-state index contributed by atoms with van der Waals surface area (Å²) in [6.45, 7) is 18.5. The Bertz CT molecular complexity index is 3160. The van der Waals surface area contributed by atoms with E-state index in [4.69, 9.17) is 4.42 Å². The van der Waals surface area contributed by atoms with Gasteiger partial charge in [0.25, 0.3) is 0 Å². The smallest absolute Gasteiger partial charge is 0.198 e. The minimum atomic E-state index is -0.120. The number of para-hydroxylation sites is 1. The lowest BCUT2D eigenvalue weighted by atomic mass is 9.58. The highest BCUT2D eigenvalue weighted by Crippen LogP contribution is 2.52. The third-order valence-electron chi connectivity index (χ3n) is 13.1. The van der Waals surface area contributed by atoms with Gasteiger partial charge in [-0.25, -0.2) is 0 Å². The Morgan fingerprint density at radius 2 is 1.30 bits per heavy atom. The summed E-state index contributed by atoms with van der Waals surface area (Å²) in [6, 6.07) is 47.9. The van der Waals surface area contributed by atoms with Gasteiger partial charge in [-0.1, -0.05) is 140 Å². The fraction of sp³-hybridized carbons (Fsp3) is 0.208. The fourth-order valence-corrected chi connectivity index (χ4v) is 9.96. The van der Waals surface area contributed by atoms with Crippen LogP contribution in [0, 0.1) is 0 Å². The Labute approximate surface area is 335 Å². The van der Waals surface area contributed by atoms with E-state index in [0.717, 1.165) is 40.6 Å². The predicted molar refractivity (Wildman–Crippen MR) is 245 cm³/mol. The molecule has 0 bridgehead atoms. The summed E-state index contributed by atoms with van der Waals surface area (Å²) in [5, 5.41) is 8.82. The molecule has 0 radical (unpaired) electrons. The maximum atomic E-state index is 6.51. The van der Waals surface area contributed by atoms with Gasteiger partial charge in [0.2, 0.25) is 0 Å². The number of fused-ring (bicyclic) bond motifs is 11. The Balaban J connectivity index is 1.20. The number of nitrogens with one attached hydrogen (secondary N) is 1. The normalized spacial score (nSPS) is 14.2. The second kappa shape index (κ2) is 11.5. The quantitative estimate of drug-likeness (QED) is 0.183. The fourth-order valence-electron chi connectivity index (χ4n) is 9.96. The monoisotopic (exact) mass is 738 g/mol. The molecular formula is C53H47BN2O. The van der Waals surface area contributed by atoms with Crippen LogP contribution in [0.4, 0.5) is 11.4 Å². The number of aromatic nitrogens is 1. The van der Waals surface area contributed by atoms with Crippen molar-refractivity contribution in [3.63, 3.8) is 0 Å². The molecule has 0 atom stereocenters. The van der Waals surface area contributed by atoms with Crippen LogP contribution in [-0.4, -0.2) is 11.8 Å². The maximum Gasteiger partial charge on any atom is 0.198 e. The van der Waals surface area contributed by atoms with Gasteiger partial charge in [0.1, 0.15) is 11.2 Å². The zero-order chi connectivity index (χ0) is 39.2. The van der Waals surface area contributed by atoms with Crippen LogP contribution in [0.1, 0.15) is 77.6 Å². The van der Waals surface area contributed by atoms with Crippen LogP contribution in [0.5, 0.6) is 0 Å². The minimum Gasteiger partial charge on any atom is -0.456 e. The molecule has 9 aromatic rings. The van der Waals surface area contributed by atoms with Crippen LogP contribution in [-0.2, 0) is 16.2 Å². The van der Waals surface area contributed by atoms with Crippen molar-refractivity contribution < 1.29 is 4.42 Å². The zero-order valence-corrected chi connectivity index (χ0v) is 34.2. The van der Waals surface area contributed by atoms with E-state index in [1.165, 1.54) is 82.9 Å². The SMILES string of the molecule is CC(C)(C)c1ccc(Nc2cc3c(cc2-c2ccc4c5cc6c(cc5n5c4c2Bc2cc(C(C)(C)C)ccc2-5)oc2ccccc26)-c2ccccc2C3(C)C)cc1. The van der Waals surface area contributed by atoms with E-state index in [-0.39, 0.29) is 16.2 Å². The number of anilines is 2. The van der Waals surface area contributed by atoms with Gasteiger partial charge in [-0.3, -0.25) is 0 Å². The van der Waals surface area contributed by atoms with Crippen LogP contribution in [0.25, 0.3) is 71.7 Å². The molecule has 278 valence electrons. The molecule has 2 aromatic heterocycles. The first-order chi connectivity index (χ1) is 27.3. The lowest BCUT2D eigenvalue weighted by molar-refractivity contribution is 0.590. The van der Waals surface area contributed by atoms with E-state index in [0.29, 0.717) is 0 Å². The molecule has 57 heavy (non-hydrogen) atoms. The van der Waals surface area contributed by atoms with Gasteiger partial charge < -0.3 is 14.3 Å². The van der Waals surface area contributed by atoms with E-state index in [2.05, 4.69) is 193 Å². The van der Waals surface area contributed by atoms with Crippen LogP contribution in [0.3, 0.4) is 0 Å². The van der Waals surface area contributed by atoms with E-state index in [1.807, 2.05) is 0 Å². The van der Waals surface area contributed by atoms with Gasteiger partial charge in [0.15, 0.2) is 7.28 Å². The molecule has 1 aliphatic heterocycles. The summed E-state index contributed by atoms with van der Waals surface area (Å²) in [5.74, 6) is 0. The molecular weight excluding hydrogens is 691 g/mol. The van der Waals surface area contributed by atoms with Crippen molar-refractivity contribution in [1.82, 2.24) is 4.57 Å². The van der Waals surface area contributed by atoms with Crippen molar-refractivity contribution >= 4 is 73.3 Å². The molecule has 11 rings (SSSR count). The van der Waals surface area contributed by atoms with Crippen molar-refractivity contribution in [3.8, 4) is 27.9 Å². The first-order valence-corrected chi connectivity index (χ1v) is 20.5. The number of rotatable bonds is 3. The molecule has 1 aliphatic carbocycles. The zero-order valence-electron chi connectivity index (χ0n) is 34.2. The maximum absolute atomic E-state index is 6.51. The average molecular weight is 739 g/mol. The second-order valence-corrected chi connectivity index (χ2v) is 19.1. The average Bonchev–Trinajstić information content (AvgIpc) is 3.79. The predicted octanol–water partition coefficient (Wildman–Crippen LogP) is 12.7. The molecule has 0 fully saturated rings. The lowest BCUT2D eigenvalue weighted by Crippen LogP contribution is -2.38. The molecule has 4 heteroatoms. The number of hydrogen-bond acceptors (Lipinski definition) is 2. The molecule has 0 saturated heterocycles. The molecule has 0 saturated carbocycles. The molecule has 3 heterocycles. The van der Waals surface area contributed by atoms with Crippen molar-refractivity contribution in [2.75, 3.05) is 5.32 Å². The molecule has 2 aliphatic rings. The van der Waals surface area contributed by atoms with Crippen molar-refractivity contribution in [2.45, 2.75) is 71.6 Å². The summed E-state index contributed by atoms with van der Waals surface area (Å²) < 4.78 is 9.05. The largest absolute Gasteiger partial charge is 0.456 e. The van der Waals surface area contributed by atoms with Crippen LogP contribution < -0.4 is 16.2 Å². The molecule has 7 aromatic carbocycles. The number of benzene rings is 7. The van der Waals surface area contributed by atoms with Gasteiger partial charge >= 0.3 is 0 Å². The third kappa shape index (κ3) is 4.99. The van der Waals surface area contributed by atoms with Gasteiger partial charge in [0, 0.05) is 61.2 Å². The van der Waals surface area contributed by atoms with Gasteiger partial charge in [-0.2, -0.15) is 0 Å². The van der Waals surface area contributed by atoms with Gasteiger partial charge in [-0.15, -0.1) is 0 Å². The topological polar surface area (TPSA) is 30.1 Å². The number of hydrogen-bond donors (Lipinski definition) is 1. The van der Waals surface area contributed by atoms with E-state index in [1.54, 1.807) is 0 Å².